The molecule has 2 rings (SSSR count). The molecule has 0 aliphatic carbocycles. The van der Waals surface area contributed by atoms with Crippen LogP contribution in [-0.2, 0) is 0 Å². The summed E-state index contributed by atoms with van der Waals surface area (Å²) >= 11 is 5.82. The smallest absolute Gasteiger partial charge is 0.166 e. The van der Waals surface area contributed by atoms with Gasteiger partial charge >= 0.3 is 0 Å². The molecule has 0 aliphatic rings. The summed E-state index contributed by atoms with van der Waals surface area (Å²) in [6.45, 7) is 0.282. The van der Waals surface area contributed by atoms with Gasteiger partial charge in [-0.2, -0.15) is 0 Å². The first-order valence-electron chi connectivity index (χ1n) is 7.04. The second-order valence-electron chi connectivity index (χ2n) is 4.90. The molecule has 5 nitrogen and oxygen atoms in total. The van der Waals surface area contributed by atoms with Crippen LogP contribution >= 0.6 is 11.6 Å². The molecule has 4 N–H and O–H groups in total. The zero-order valence-electron chi connectivity index (χ0n) is 12.8. The van der Waals surface area contributed by atoms with E-state index in [1.165, 1.54) is 7.11 Å². The van der Waals surface area contributed by atoms with E-state index in [1.807, 2.05) is 0 Å². The summed E-state index contributed by atoms with van der Waals surface area (Å²) in [5.74, 6) is 0.855. The minimum absolute atomic E-state index is 0.103. The molecule has 0 saturated heterocycles. The normalized spacial score (nSPS) is 11.3. The molecule has 2 aromatic carbocycles. The minimum atomic E-state index is -0.103. The van der Waals surface area contributed by atoms with E-state index in [-0.39, 0.29) is 18.7 Å². The lowest BCUT2D eigenvalue weighted by Gasteiger charge is -2.07. The third kappa shape index (κ3) is 4.47. The summed E-state index contributed by atoms with van der Waals surface area (Å²) in [5, 5.41) is 0.630. The second-order valence-corrected chi connectivity index (χ2v) is 5.34. The first-order chi connectivity index (χ1) is 11.0. The maximum atomic E-state index is 12.2. The van der Waals surface area contributed by atoms with Crippen molar-refractivity contribution in [2.24, 2.45) is 10.7 Å². The molecule has 0 aromatic heterocycles. The second kappa shape index (κ2) is 7.65. The number of halogens is 1. The van der Waals surface area contributed by atoms with E-state index >= 15 is 0 Å². The molecule has 0 unspecified atom stereocenters. The number of methoxy groups -OCH3 is 1. The Balaban J connectivity index is 2.01. The zero-order chi connectivity index (χ0) is 16.8. The summed E-state index contributed by atoms with van der Waals surface area (Å²) in [6, 6.07) is 12.0. The standard InChI is InChI=1S/C17H18ClN3O2/c1-23-13-6-7-15(19)14(10-13)16(22)8-9-21-17(20)11-2-4-12(18)5-3-11/h2-7,10H,8-9,19H2,1H3,(H2,20,21). The van der Waals surface area contributed by atoms with Crippen LogP contribution in [0.2, 0.25) is 5.02 Å². The summed E-state index contributed by atoms with van der Waals surface area (Å²) in [7, 11) is 1.54. The monoisotopic (exact) mass is 331 g/mol. The number of anilines is 1. The van der Waals surface area contributed by atoms with Gasteiger partial charge in [-0.3, -0.25) is 9.79 Å². The molecule has 0 bridgehead atoms. The van der Waals surface area contributed by atoms with Gasteiger partial charge in [0.15, 0.2) is 5.78 Å². The van der Waals surface area contributed by atoms with E-state index in [2.05, 4.69) is 4.99 Å². The van der Waals surface area contributed by atoms with Gasteiger partial charge in [0.2, 0.25) is 0 Å². The highest BCUT2D eigenvalue weighted by Gasteiger charge is 2.11. The van der Waals surface area contributed by atoms with Crippen molar-refractivity contribution in [3.05, 3.63) is 58.6 Å². The van der Waals surface area contributed by atoms with Crippen LogP contribution in [0.3, 0.4) is 0 Å². The van der Waals surface area contributed by atoms with Crippen molar-refractivity contribution in [3.63, 3.8) is 0 Å². The molecule has 0 heterocycles. The van der Waals surface area contributed by atoms with Crippen molar-refractivity contribution >= 4 is 28.9 Å². The molecule has 0 spiro atoms. The number of carbonyl (C=O) groups excluding carboxylic acids is 1. The van der Waals surface area contributed by atoms with Crippen molar-refractivity contribution in [1.29, 1.82) is 0 Å². The van der Waals surface area contributed by atoms with Gasteiger partial charge in [-0.15, -0.1) is 0 Å². The van der Waals surface area contributed by atoms with Crippen LogP contribution in [0.15, 0.2) is 47.5 Å². The highest BCUT2D eigenvalue weighted by Crippen LogP contribution is 2.20. The zero-order valence-corrected chi connectivity index (χ0v) is 13.5. The largest absolute Gasteiger partial charge is 0.497 e. The van der Waals surface area contributed by atoms with Gasteiger partial charge in [-0.1, -0.05) is 11.6 Å². The van der Waals surface area contributed by atoms with Crippen LogP contribution in [0.5, 0.6) is 5.75 Å². The first-order valence-corrected chi connectivity index (χ1v) is 7.41. The first kappa shape index (κ1) is 16.8. The fraction of sp³-hybridized carbons (Fsp3) is 0.176. The molecule has 2 aromatic rings. The molecule has 0 saturated carbocycles. The molecule has 0 atom stereocenters. The predicted molar refractivity (Wildman–Crippen MR) is 93.4 cm³/mol. The van der Waals surface area contributed by atoms with E-state index in [9.17, 15) is 4.79 Å². The van der Waals surface area contributed by atoms with E-state index < -0.39 is 0 Å². The van der Waals surface area contributed by atoms with Crippen molar-refractivity contribution in [3.8, 4) is 5.75 Å². The van der Waals surface area contributed by atoms with Gasteiger partial charge in [0.25, 0.3) is 0 Å². The maximum Gasteiger partial charge on any atom is 0.166 e. The number of ether oxygens (including phenoxy) is 1. The van der Waals surface area contributed by atoms with Crippen LogP contribution < -0.4 is 16.2 Å². The van der Waals surface area contributed by atoms with Gasteiger partial charge in [0, 0.05) is 34.8 Å². The third-order valence-electron chi connectivity index (χ3n) is 3.32. The molecule has 120 valence electrons. The Hall–Kier alpha value is -2.53. The Kier molecular flexibility index (Phi) is 5.60. The molecular formula is C17H18ClN3O2. The highest BCUT2D eigenvalue weighted by molar-refractivity contribution is 6.30. The number of Topliss-reactive ketones (excluding diaryl/α,β-unsaturated/α-hetero) is 1. The maximum absolute atomic E-state index is 12.2. The number of nitrogen functional groups attached to an aromatic ring is 1. The van der Waals surface area contributed by atoms with E-state index in [0.29, 0.717) is 27.9 Å². The molecule has 0 fully saturated rings. The molecular weight excluding hydrogens is 314 g/mol. The van der Waals surface area contributed by atoms with Crippen molar-refractivity contribution in [2.45, 2.75) is 6.42 Å². The number of benzene rings is 2. The Morgan fingerprint density at radius 1 is 1.22 bits per heavy atom. The van der Waals surface area contributed by atoms with Gasteiger partial charge in [-0.05, 0) is 42.5 Å². The lowest BCUT2D eigenvalue weighted by Crippen LogP contribution is -2.14. The summed E-state index contributed by atoms with van der Waals surface area (Å²) in [4.78, 5) is 16.5. The summed E-state index contributed by atoms with van der Waals surface area (Å²) in [5.41, 5.74) is 13.4. The van der Waals surface area contributed by atoms with Crippen molar-refractivity contribution < 1.29 is 9.53 Å². The number of nitrogens with two attached hydrogens (primary N) is 2. The Labute approximate surface area is 139 Å². The van der Waals surface area contributed by atoms with Gasteiger partial charge in [0.05, 0.1) is 7.11 Å². The summed E-state index contributed by atoms with van der Waals surface area (Å²) in [6.07, 6.45) is 0.214. The molecule has 0 amide bonds. The topological polar surface area (TPSA) is 90.7 Å². The lowest BCUT2D eigenvalue weighted by molar-refractivity contribution is 0.0986. The Morgan fingerprint density at radius 3 is 2.57 bits per heavy atom. The predicted octanol–water partition coefficient (Wildman–Crippen LogP) is 2.91. The molecule has 0 radical (unpaired) electrons. The fourth-order valence-electron chi connectivity index (χ4n) is 2.03. The van der Waals surface area contributed by atoms with Crippen LogP contribution in [0.4, 0.5) is 5.69 Å². The average Bonchev–Trinajstić information content (AvgIpc) is 2.55. The number of rotatable bonds is 6. The van der Waals surface area contributed by atoms with Crippen LogP contribution in [0.25, 0.3) is 0 Å². The van der Waals surface area contributed by atoms with Crippen LogP contribution in [0, 0.1) is 0 Å². The van der Waals surface area contributed by atoms with E-state index in [0.717, 1.165) is 5.56 Å². The molecule has 0 aliphatic heterocycles. The van der Waals surface area contributed by atoms with Gasteiger partial charge in [0.1, 0.15) is 11.6 Å². The third-order valence-corrected chi connectivity index (χ3v) is 3.57. The fourth-order valence-corrected chi connectivity index (χ4v) is 2.15. The number of nitrogens with zero attached hydrogens (tertiary/aromatic N) is 1. The van der Waals surface area contributed by atoms with Crippen molar-refractivity contribution in [2.75, 3.05) is 19.4 Å². The lowest BCUT2D eigenvalue weighted by atomic mass is 10.1. The van der Waals surface area contributed by atoms with Crippen LogP contribution in [-0.4, -0.2) is 25.3 Å². The van der Waals surface area contributed by atoms with Crippen molar-refractivity contribution in [1.82, 2.24) is 0 Å². The Bertz CT molecular complexity index is 727. The SMILES string of the molecule is COc1ccc(N)c(C(=O)CCN=C(N)c2ccc(Cl)cc2)c1. The van der Waals surface area contributed by atoms with Gasteiger partial charge < -0.3 is 16.2 Å². The number of carbonyl (C=O) groups is 1. The number of hydrogen-bond acceptors (Lipinski definition) is 4. The molecule has 6 heteroatoms. The molecule has 23 heavy (non-hydrogen) atoms. The Morgan fingerprint density at radius 2 is 1.91 bits per heavy atom. The number of amidine groups is 1. The number of hydrogen-bond donors (Lipinski definition) is 2. The van der Waals surface area contributed by atoms with Crippen LogP contribution in [0.1, 0.15) is 22.3 Å². The van der Waals surface area contributed by atoms with E-state index in [4.69, 9.17) is 27.8 Å². The average molecular weight is 332 g/mol. The highest BCUT2D eigenvalue weighted by atomic mass is 35.5. The quantitative estimate of drug-likeness (QED) is 0.368. The number of ketones is 1. The van der Waals surface area contributed by atoms with E-state index in [1.54, 1.807) is 42.5 Å². The number of aliphatic imine (C=N–C) groups is 1. The minimum Gasteiger partial charge on any atom is -0.497 e. The van der Waals surface area contributed by atoms with Gasteiger partial charge in [-0.25, -0.2) is 0 Å². The summed E-state index contributed by atoms with van der Waals surface area (Å²) < 4.78 is 5.10.